The monoisotopic (exact) mass is 461 g/mol. The van der Waals surface area contributed by atoms with Gasteiger partial charge in [-0.25, -0.2) is 0 Å². The first-order valence-corrected chi connectivity index (χ1v) is 12.9. The maximum atomic E-state index is 12.8. The van der Waals surface area contributed by atoms with Crippen LogP contribution >= 0.6 is 11.8 Å². The molecular weight excluding hydrogens is 430 g/mol. The van der Waals surface area contributed by atoms with Crippen molar-refractivity contribution < 1.29 is 4.79 Å². The van der Waals surface area contributed by atoms with Crippen molar-refractivity contribution in [3.05, 3.63) is 72.1 Å². The standard InChI is InChI=1S/C26H31N5OS/c32-24(27-20-26(14-9-15-26)21-10-3-1-4-11-21)19-33-25-29-28-23(18-30-16-7-8-17-30)31(25)22-12-5-2-6-13-22/h1-6,10-13H,7-9,14-20H2,(H,27,32). The Kier molecular flexibility index (Phi) is 6.78. The molecule has 2 fully saturated rings. The van der Waals surface area contributed by atoms with E-state index in [-0.39, 0.29) is 11.3 Å². The number of carbonyl (C=O) groups is 1. The number of thioether (sulfide) groups is 1. The van der Waals surface area contributed by atoms with Gasteiger partial charge in [0.15, 0.2) is 11.0 Å². The number of carbonyl (C=O) groups excluding carboxylic acids is 1. The summed E-state index contributed by atoms with van der Waals surface area (Å²) in [5.41, 5.74) is 2.46. The molecule has 7 heteroatoms. The second-order valence-corrected chi connectivity index (χ2v) is 10.1. The van der Waals surface area contributed by atoms with Crippen LogP contribution in [0.1, 0.15) is 43.5 Å². The van der Waals surface area contributed by atoms with E-state index < -0.39 is 0 Å². The summed E-state index contributed by atoms with van der Waals surface area (Å²) >= 11 is 1.46. The molecule has 5 rings (SSSR count). The van der Waals surface area contributed by atoms with Crippen LogP contribution in [0, 0.1) is 0 Å². The second-order valence-electron chi connectivity index (χ2n) is 9.12. The molecule has 1 amide bonds. The van der Waals surface area contributed by atoms with Crippen LogP contribution in [-0.2, 0) is 16.8 Å². The average Bonchev–Trinajstić information content (AvgIpc) is 3.48. The summed E-state index contributed by atoms with van der Waals surface area (Å²) < 4.78 is 2.10. The van der Waals surface area contributed by atoms with Crippen molar-refractivity contribution in [2.45, 2.75) is 49.2 Å². The first-order chi connectivity index (χ1) is 16.2. The molecule has 0 atom stereocenters. The zero-order valence-electron chi connectivity index (χ0n) is 18.9. The van der Waals surface area contributed by atoms with E-state index in [2.05, 4.69) is 61.4 Å². The minimum absolute atomic E-state index is 0.0471. The predicted molar refractivity (Wildman–Crippen MR) is 132 cm³/mol. The molecule has 1 aromatic heterocycles. The fourth-order valence-electron chi connectivity index (χ4n) is 4.89. The summed E-state index contributed by atoms with van der Waals surface area (Å²) in [6.07, 6.45) is 5.97. The topological polar surface area (TPSA) is 63.1 Å². The first kappa shape index (κ1) is 22.2. The number of nitrogens with one attached hydrogen (secondary N) is 1. The van der Waals surface area contributed by atoms with Crippen LogP contribution < -0.4 is 5.32 Å². The highest BCUT2D eigenvalue weighted by Gasteiger charge is 2.38. The predicted octanol–water partition coefficient (Wildman–Crippen LogP) is 4.19. The van der Waals surface area contributed by atoms with Gasteiger partial charge in [0.05, 0.1) is 12.3 Å². The Bertz CT molecular complexity index is 1060. The number of likely N-dealkylation sites (tertiary alicyclic amines) is 1. The normalized spacial score (nSPS) is 17.6. The highest BCUT2D eigenvalue weighted by molar-refractivity contribution is 7.99. The minimum atomic E-state index is 0.0471. The molecule has 0 spiro atoms. The highest BCUT2D eigenvalue weighted by Crippen LogP contribution is 2.43. The fourth-order valence-corrected chi connectivity index (χ4v) is 5.69. The third-order valence-electron chi connectivity index (χ3n) is 6.93. The lowest BCUT2D eigenvalue weighted by molar-refractivity contribution is -0.119. The maximum Gasteiger partial charge on any atom is 0.230 e. The molecule has 2 heterocycles. The lowest BCUT2D eigenvalue weighted by Crippen LogP contribution is -2.46. The Balaban J connectivity index is 1.24. The number of benzene rings is 2. The molecule has 2 aromatic carbocycles. The van der Waals surface area contributed by atoms with Crippen molar-refractivity contribution in [1.29, 1.82) is 0 Å². The van der Waals surface area contributed by atoms with Gasteiger partial charge in [-0.15, -0.1) is 10.2 Å². The summed E-state index contributed by atoms with van der Waals surface area (Å²) in [6, 6.07) is 20.8. The summed E-state index contributed by atoms with van der Waals surface area (Å²) in [7, 11) is 0. The van der Waals surface area contributed by atoms with Crippen molar-refractivity contribution in [3.63, 3.8) is 0 Å². The maximum absolute atomic E-state index is 12.8. The van der Waals surface area contributed by atoms with Crippen LogP contribution in [0.15, 0.2) is 65.8 Å². The zero-order chi connectivity index (χ0) is 22.5. The molecule has 3 aromatic rings. The van der Waals surface area contributed by atoms with Crippen LogP contribution in [0.4, 0.5) is 0 Å². The van der Waals surface area contributed by atoms with Crippen LogP contribution in [0.25, 0.3) is 5.69 Å². The number of amides is 1. The molecule has 2 aliphatic rings. The van der Waals surface area contributed by atoms with Crippen molar-refractivity contribution in [1.82, 2.24) is 25.0 Å². The second kappa shape index (κ2) is 10.1. The van der Waals surface area contributed by atoms with Gasteiger partial charge in [-0.1, -0.05) is 66.7 Å². The average molecular weight is 462 g/mol. The van der Waals surface area contributed by atoms with E-state index in [0.29, 0.717) is 12.3 Å². The van der Waals surface area contributed by atoms with Crippen LogP contribution in [0.2, 0.25) is 0 Å². The largest absolute Gasteiger partial charge is 0.354 e. The van der Waals surface area contributed by atoms with Gasteiger partial charge in [0, 0.05) is 17.6 Å². The van der Waals surface area contributed by atoms with E-state index in [4.69, 9.17) is 0 Å². The lowest BCUT2D eigenvalue weighted by atomic mass is 9.64. The number of hydrogen-bond donors (Lipinski definition) is 1. The molecule has 1 saturated carbocycles. The SMILES string of the molecule is O=C(CSc1nnc(CN2CCCC2)n1-c1ccccc1)NCC1(c2ccccc2)CCC1. The van der Waals surface area contributed by atoms with Gasteiger partial charge in [-0.2, -0.15) is 0 Å². The fraction of sp³-hybridized carbons (Fsp3) is 0.423. The smallest absolute Gasteiger partial charge is 0.230 e. The van der Waals surface area contributed by atoms with Crippen molar-refractivity contribution in [2.24, 2.45) is 0 Å². The summed E-state index contributed by atoms with van der Waals surface area (Å²) in [6.45, 7) is 3.70. The third kappa shape index (κ3) is 4.99. The Labute approximate surface area is 199 Å². The van der Waals surface area contributed by atoms with Gasteiger partial charge in [0.2, 0.25) is 5.91 Å². The van der Waals surface area contributed by atoms with Crippen molar-refractivity contribution >= 4 is 17.7 Å². The Morgan fingerprint density at radius 1 is 0.939 bits per heavy atom. The molecule has 0 radical (unpaired) electrons. The van der Waals surface area contributed by atoms with E-state index in [1.165, 1.54) is 36.6 Å². The van der Waals surface area contributed by atoms with Gasteiger partial charge in [0.25, 0.3) is 0 Å². The summed E-state index contributed by atoms with van der Waals surface area (Å²) in [5.74, 6) is 1.31. The van der Waals surface area contributed by atoms with Crippen molar-refractivity contribution in [3.8, 4) is 5.69 Å². The van der Waals surface area contributed by atoms with E-state index in [9.17, 15) is 4.79 Å². The summed E-state index contributed by atoms with van der Waals surface area (Å²) in [4.78, 5) is 15.2. The van der Waals surface area contributed by atoms with E-state index in [0.717, 1.165) is 49.1 Å². The zero-order valence-corrected chi connectivity index (χ0v) is 19.8. The quantitative estimate of drug-likeness (QED) is 0.484. The molecule has 33 heavy (non-hydrogen) atoms. The van der Waals surface area contributed by atoms with Crippen molar-refractivity contribution in [2.75, 3.05) is 25.4 Å². The van der Waals surface area contributed by atoms with Gasteiger partial charge >= 0.3 is 0 Å². The third-order valence-corrected chi connectivity index (χ3v) is 7.86. The number of para-hydroxylation sites is 1. The Morgan fingerprint density at radius 3 is 2.30 bits per heavy atom. The lowest BCUT2D eigenvalue weighted by Gasteiger charge is -2.42. The summed E-state index contributed by atoms with van der Waals surface area (Å²) in [5, 5.41) is 12.9. The Hall–Kier alpha value is -2.64. The van der Waals surface area contributed by atoms with E-state index in [1.807, 2.05) is 24.3 Å². The molecule has 6 nitrogen and oxygen atoms in total. The highest BCUT2D eigenvalue weighted by atomic mass is 32.2. The minimum Gasteiger partial charge on any atom is -0.354 e. The van der Waals surface area contributed by atoms with Gasteiger partial charge in [-0.05, 0) is 56.5 Å². The number of hydrogen-bond acceptors (Lipinski definition) is 5. The molecule has 1 aliphatic carbocycles. The number of nitrogens with zero attached hydrogens (tertiary/aromatic N) is 4. The van der Waals surface area contributed by atoms with E-state index in [1.54, 1.807) is 0 Å². The molecule has 1 N–H and O–H groups in total. The Morgan fingerprint density at radius 2 is 1.64 bits per heavy atom. The van der Waals surface area contributed by atoms with Gasteiger partial charge in [0.1, 0.15) is 0 Å². The molecular formula is C26H31N5OS. The molecule has 172 valence electrons. The van der Waals surface area contributed by atoms with Gasteiger partial charge < -0.3 is 5.32 Å². The number of aromatic nitrogens is 3. The number of rotatable bonds is 9. The van der Waals surface area contributed by atoms with Crippen LogP contribution in [0.3, 0.4) is 0 Å². The first-order valence-electron chi connectivity index (χ1n) is 11.9. The van der Waals surface area contributed by atoms with Crippen LogP contribution in [0.5, 0.6) is 0 Å². The molecule has 0 unspecified atom stereocenters. The molecule has 1 saturated heterocycles. The molecule has 0 bridgehead atoms. The van der Waals surface area contributed by atoms with E-state index >= 15 is 0 Å². The van der Waals surface area contributed by atoms with Crippen LogP contribution in [-0.4, -0.2) is 51.0 Å². The van der Waals surface area contributed by atoms with Gasteiger partial charge in [-0.3, -0.25) is 14.3 Å². The molecule has 1 aliphatic heterocycles.